The van der Waals surface area contributed by atoms with Crippen LogP contribution in [0.5, 0.6) is 0 Å². The molecule has 2 aromatic rings. The van der Waals surface area contributed by atoms with E-state index in [-0.39, 0.29) is 11.9 Å². The molecule has 0 bridgehead atoms. The minimum absolute atomic E-state index is 0.255. The summed E-state index contributed by atoms with van der Waals surface area (Å²) in [6.45, 7) is 6.75. The molecule has 1 fully saturated rings. The van der Waals surface area contributed by atoms with Crippen LogP contribution in [-0.2, 0) is 11.3 Å². The van der Waals surface area contributed by atoms with E-state index in [1.807, 2.05) is 55.7 Å². The number of nitrogens with one attached hydrogen (secondary N) is 2. The van der Waals surface area contributed by atoms with Crippen LogP contribution in [0.2, 0.25) is 0 Å². The van der Waals surface area contributed by atoms with E-state index < -0.39 is 12.0 Å². The van der Waals surface area contributed by atoms with Crippen molar-refractivity contribution in [1.29, 1.82) is 0 Å². The van der Waals surface area contributed by atoms with Gasteiger partial charge >= 0.3 is 5.97 Å². The van der Waals surface area contributed by atoms with Gasteiger partial charge in [0, 0.05) is 18.2 Å². The number of aryl methyl sites for hydroxylation is 1. The molecule has 1 aliphatic rings. The summed E-state index contributed by atoms with van der Waals surface area (Å²) in [6, 6.07) is 13.2. The van der Waals surface area contributed by atoms with Gasteiger partial charge in [0.05, 0.1) is 0 Å². The van der Waals surface area contributed by atoms with Gasteiger partial charge in [0.25, 0.3) is 5.91 Å². The molecule has 6 heteroatoms. The zero-order valence-electron chi connectivity index (χ0n) is 21.6. The summed E-state index contributed by atoms with van der Waals surface area (Å²) in [4.78, 5) is 25.0. The molecule has 1 saturated carbocycles. The van der Waals surface area contributed by atoms with Crippen molar-refractivity contribution in [1.82, 2.24) is 10.6 Å². The maximum atomic E-state index is 13.3. The Morgan fingerprint density at radius 3 is 2.56 bits per heavy atom. The maximum absolute atomic E-state index is 13.3. The molecule has 0 aliphatic heterocycles. The summed E-state index contributed by atoms with van der Waals surface area (Å²) in [5.74, 6) is 0.0560. The number of benzene rings is 2. The van der Waals surface area contributed by atoms with E-state index in [0.717, 1.165) is 34.6 Å². The molecular weight excluding hydrogens is 468 g/mol. The first-order valence-electron chi connectivity index (χ1n) is 13.0. The van der Waals surface area contributed by atoms with Gasteiger partial charge < -0.3 is 15.7 Å². The summed E-state index contributed by atoms with van der Waals surface area (Å²) in [7, 11) is 0. The number of carboxylic acid groups (broad SMARTS) is 1. The zero-order valence-corrected chi connectivity index (χ0v) is 22.4. The molecule has 0 saturated heterocycles. The van der Waals surface area contributed by atoms with Crippen molar-refractivity contribution < 1.29 is 14.7 Å². The summed E-state index contributed by atoms with van der Waals surface area (Å²) < 4.78 is 0. The quantitative estimate of drug-likeness (QED) is 0.280. The number of carbonyl (C=O) groups is 2. The molecule has 194 valence electrons. The Labute approximate surface area is 220 Å². The number of carbonyl (C=O) groups excluding carboxylic acids is 1. The number of carboxylic acids is 1. The third-order valence-corrected chi connectivity index (χ3v) is 7.79. The second kappa shape index (κ2) is 14.2. The smallest absolute Gasteiger partial charge is 0.326 e. The van der Waals surface area contributed by atoms with Gasteiger partial charge in [0.1, 0.15) is 6.04 Å². The van der Waals surface area contributed by atoms with Gasteiger partial charge in [-0.2, -0.15) is 11.8 Å². The van der Waals surface area contributed by atoms with Crippen LogP contribution >= 0.6 is 11.8 Å². The van der Waals surface area contributed by atoms with Gasteiger partial charge in [0.2, 0.25) is 0 Å². The second-order valence-electron chi connectivity index (χ2n) is 9.80. The largest absolute Gasteiger partial charge is 0.480 e. The van der Waals surface area contributed by atoms with E-state index in [9.17, 15) is 14.7 Å². The van der Waals surface area contributed by atoms with Gasteiger partial charge in [-0.1, -0.05) is 68.5 Å². The number of hydrogen-bond acceptors (Lipinski definition) is 4. The lowest BCUT2D eigenvalue weighted by Gasteiger charge is -2.25. The summed E-state index contributed by atoms with van der Waals surface area (Å²) in [5, 5.41) is 16.0. The molecule has 2 aromatic carbocycles. The van der Waals surface area contributed by atoms with E-state index >= 15 is 0 Å². The van der Waals surface area contributed by atoms with Crippen molar-refractivity contribution in [3.63, 3.8) is 0 Å². The highest BCUT2D eigenvalue weighted by Gasteiger charge is 2.23. The van der Waals surface area contributed by atoms with Crippen molar-refractivity contribution >= 4 is 23.6 Å². The molecule has 1 amide bonds. The third kappa shape index (κ3) is 7.97. The van der Waals surface area contributed by atoms with Crippen LogP contribution in [0.4, 0.5) is 0 Å². The molecule has 3 rings (SSSR count). The summed E-state index contributed by atoms with van der Waals surface area (Å²) >= 11 is 1.57. The normalized spacial score (nSPS) is 15.7. The third-order valence-electron chi connectivity index (χ3n) is 7.14. The number of thioether (sulfide) groups is 1. The fourth-order valence-corrected chi connectivity index (χ4v) is 5.49. The topological polar surface area (TPSA) is 78.4 Å². The monoisotopic (exact) mass is 508 g/mol. The minimum atomic E-state index is -1.01. The lowest BCUT2D eigenvalue weighted by atomic mass is 9.85. The molecule has 0 unspecified atom stereocenters. The molecule has 0 spiro atoms. The average molecular weight is 509 g/mol. The average Bonchev–Trinajstić information content (AvgIpc) is 2.89. The van der Waals surface area contributed by atoms with Crippen LogP contribution in [0.25, 0.3) is 11.1 Å². The van der Waals surface area contributed by atoms with Crippen molar-refractivity contribution in [2.24, 2.45) is 5.92 Å². The van der Waals surface area contributed by atoms with Crippen molar-refractivity contribution in [2.75, 3.05) is 12.0 Å². The van der Waals surface area contributed by atoms with Gasteiger partial charge in [-0.3, -0.25) is 4.79 Å². The molecule has 5 nitrogen and oxygen atoms in total. The zero-order chi connectivity index (χ0) is 25.9. The lowest BCUT2D eigenvalue weighted by molar-refractivity contribution is -0.139. The summed E-state index contributed by atoms with van der Waals surface area (Å²) in [5.41, 5.74) is 4.43. The predicted molar refractivity (Wildman–Crippen MR) is 151 cm³/mol. The first-order valence-corrected chi connectivity index (χ1v) is 14.4. The van der Waals surface area contributed by atoms with E-state index in [4.69, 9.17) is 0 Å². The van der Waals surface area contributed by atoms with Crippen LogP contribution in [0.1, 0.15) is 66.4 Å². The fourth-order valence-electron chi connectivity index (χ4n) is 5.02. The van der Waals surface area contributed by atoms with E-state index in [1.165, 1.54) is 32.1 Å². The SMILES string of the molecule is C=C[C@H](CC1CCCCC1)NCc1ccc(C(=O)N[C@@H](CCSC)C(=O)O)c(-c2ccccc2C)c1. The van der Waals surface area contributed by atoms with Gasteiger partial charge in [-0.25, -0.2) is 4.79 Å². The molecular formula is C30H40N2O3S. The van der Waals surface area contributed by atoms with E-state index in [0.29, 0.717) is 24.3 Å². The Balaban J connectivity index is 1.81. The van der Waals surface area contributed by atoms with Crippen molar-refractivity contribution in [3.8, 4) is 11.1 Å². The molecule has 2 atom stereocenters. The van der Waals surface area contributed by atoms with Crippen LogP contribution < -0.4 is 10.6 Å². The Kier molecular flexibility index (Phi) is 11.1. The van der Waals surface area contributed by atoms with Gasteiger partial charge in [0.15, 0.2) is 0 Å². The standard InChI is InChI=1S/C30H40N2O3S/c1-4-24(18-22-11-6-5-7-12-22)31-20-23-14-15-26(27(19-23)25-13-9-8-10-21(25)2)29(33)32-28(30(34)35)16-17-36-3/h4,8-10,13-15,19,22,24,28,31H,1,5-7,11-12,16-18,20H2,2-3H3,(H,32,33)(H,34,35)/t24-,28+/m1/s1. The van der Waals surface area contributed by atoms with Crippen molar-refractivity contribution in [3.05, 3.63) is 71.8 Å². The van der Waals surface area contributed by atoms with Crippen LogP contribution in [-0.4, -0.2) is 41.1 Å². The van der Waals surface area contributed by atoms with Crippen LogP contribution in [0.3, 0.4) is 0 Å². The number of rotatable bonds is 13. The van der Waals surface area contributed by atoms with Crippen LogP contribution in [0.15, 0.2) is 55.1 Å². The van der Waals surface area contributed by atoms with Crippen LogP contribution in [0, 0.1) is 12.8 Å². The molecule has 0 aromatic heterocycles. The summed E-state index contributed by atoms with van der Waals surface area (Å²) in [6.07, 6.45) is 12.1. The Bertz CT molecular complexity index is 1030. The highest BCUT2D eigenvalue weighted by Crippen LogP contribution is 2.30. The number of aliphatic carboxylic acids is 1. The minimum Gasteiger partial charge on any atom is -0.480 e. The van der Waals surface area contributed by atoms with Crippen molar-refractivity contribution in [2.45, 2.75) is 70.5 Å². The van der Waals surface area contributed by atoms with Gasteiger partial charge in [-0.05, 0) is 72.1 Å². The first kappa shape index (κ1) is 28.0. The molecule has 36 heavy (non-hydrogen) atoms. The first-order chi connectivity index (χ1) is 17.4. The molecule has 0 radical (unpaired) electrons. The Hall–Kier alpha value is -2.57. The van der Waals surface area contributed by atoms with Gasteiger partial charge in [-0.15, -0.1) is 6.58 Å². The molecule has 3 N–H and O–H groups in total. The number of hydrogen-bond donors (Lipinski definition) is 3. The lowest BCUT2D eigenvalue weighted by Crippen LogP contribution is -2.41. The highest BCUT2D eigenvalue weighted by atomic mass is 32.2. The maximum Gasteiger partial charge on any atom is 0.326 e. The fraction of sp³-hybridized carbons (Fsp3) is 0.467. The predicted octanol–water partition coefficient (Wildman–Crippen LogP) is 6.21. The molecule has 0 heterocycles. The molecule has 1 aliphatic carbocycles. The Morgan fingerprint density at radius 2 is 1.89 bits per heavy atom. The Morgan fingerprint density at radius 1 is 1.14 bits per heavy atom. The second-order valence-corrected chi connectivity index (χ2v) is 10.8. The van der Waals surface area contributed by atoms with E-state index in [1.54, 1.807) is 11.8 Å². The van der Waals surface area contributed by atoms with E-state index in [2.05, 4.69) is 23.3 Å². The highest BCUT2D eigenvalue weighted by molar-refractivity contribution is 7.98. The number of amides is 1.